The predicted molar refractivity (Wildman–Crippen MR) is 57.9 cm³/mol. The van der Waals surface area contributed by atoms with Gasteiger partial charge in [0.2, 0.25) is 0 Å². The monoisotopic (exact) mass is 227 g/mol. The van der Waals surface area contributed by atoms with Gasteiger partial charge < -0.3 is 14.4 Å². The van der Waals surface area contributed by atoms with E-state index in [1.54, 1.807) is 0 Å². The van der Waals surface area contributed by atoms with Crippen molar-refractivity contribution in [2.24, 2.45) is 5.92 Å². The summed E-state index contributed by atoms with van der Waals surface area (Å²) >= 11 is 0. The minimum atomic E-state index is -0.395. The molecule has 1 unspecified atom stereocenters. The molecule has 1 amide bonds. The second kappa shape index (κ2) is 6.15. The van der Waals surface area contributed by atoms with Gasteiger partial charge in [-0.15, -0.1) is 0 Å². The maximum Gasteiger partial charge on any atom is 0.410 e. The molecule has 1 fully saturated rings. The molecule has 16 heavy (non-hydrogen) atoms. The Morgan fingerprint density at radius 1 is 1.56 bits per heavy atom. The van der Waals surface area contributed by atoms with Crippen molar-refractivity contribution in [3.8, 4) is 0 Å². The highest BCUT2D eigenvalue weighted by Crippen LogP contribution is 2.18. The predicted octanol–water partition coefficient (Wildman–Crippen LogP) is 1.19. The van der Waals surface area contributed by atoms with Crippen LogP contribution < -0.4 is 0 Å². The molecule has 1 rings (SSSR count). The van der Waals surface area contributed by atoms with Crippen molar-refractivity contribution in [2.45, 2.75) is 12.8 Å². The van der Waals surface area contributed by atoms with Crippen molar-refractivity contribution in [1.29, 1.82) is 0 Å². The third kappa shape index (κ3) is 3.25. The third-order valence-corrected chi connectivity index (χ3v) is 2.54. The third-order valence-electron chi connectivity index (χ3n) is 2.54. The van der Waals surface area contributed by atoms with E-state index in [2.05, 4.69) is 11.3 Å². The molecule has 0 aromatic heterocycles. The summed E-state index contributed by atoms with van der Waals surface area (Å²) in [7, 11) is 1.36. The van der Waals surface area contributed by atoms with Crippen molar-refractivity contribution in [3.63, 3.8) is 0 Å². The van der Waals surface area contributed by atoms with Gasteiger partial charge in [-0.05, 0) is 12.8 Å². The summed E-state index contributed by atoms with van der Waals surface area (Å²) < 4.78 is 9.57. The number of carbonyl (C=O) groups is 2. The van der Waals surface area contributed by atoms with Gasteiger partial charge in [-0.1, -0.05) is 12.7 Å². The summed E-state index contributed by atoms with van der Waals surface area (Å²) in [5.41, 5.74) is 0. The first-order chi connectivity index (χ1) is 7.69. The number of hydrogen-bond acceptors (Lipinski definition) is 4. The number of piperidine rings is 1. The van der Waals surface area contributed by atoms with Gasteiger partial charge in [0.1, 0.15) is 6.61 Å². The maximum atomic E-state index is 11.5. The lowest BCUT2D eigenvalue weighted by molar-refractivity contribution is -0.147. The lowest BCUT2D eigenvalue weighted by atomic mass is 9.99. The number of esters is 1. The Morgan fingerprint density at radius 3 is 2.94 bits per heavy atom. The fourth-order valence-corrected chi connectivity index (χ4v) is 1.72. The molecule has 0 aromatic rings. The van der Waals surface area contributed by atoms with Crippen molar-refractivity contribution in [3.05, 3.63) is 12.7 Å². The molecule has 0 aromatic carbocycles. The molecule has 0 N–H and O–H groups in total. The van der Waals surface area contributed by atoms with Crippen LogP contribution in [0.1, 0.15) is 12.8 Å². The average Bonchev–Trinajstić information content (AvgIpc) is 2.35. The minimum absolute atomic E-state index is 0.193. The zero-order valence-electron chi connectivity index (χ0n) is 9.48. The lowest BCUT2D eigenvalue weighted by Gasteiger charge is -2.30. The normalized spacial score (nSPS) is 20.1. The minimum Gasteiger partial charge on any atom is -0.469 e. The van der Waals surface area contributed by atoms with Gasteiger partial charge in [0.25, 0.3) is 0 Å². The number of nitrogens with zero attached hydrogens (tertiary/aromatic N) is 1. The molecule has 1 aliphatic heterocycles. The summed E-state index contributed by atoms with van der Waals surface area (Å²) in [6.45, 7) is 4.66. The molecule has 0 spiro atoms. The smallest absolute Gasteiger partial charge is 0.410 e. The van der Waals surface area contributed by atoms with Crippen LogP contribution >= 0.6 is 0 Å². The Bertz CT molecular complexity index is 277. The number of methoxy groups -OCH3 is 1. The van der Waals surface area contributed by atoms with E-state index in [-0.39, 0.29) is 18.5 Å². The quantitative estimate of drug-likeness (QED) is 0.537. The van der Waals surface area contributed by atoms with Gasteiger partial charge in [0.05, 0.1) is 13.0 Å². The number of ether oxygens (including phenoxy) is 2. The number of rotatable bonds is 3. The van der Waals surface area contributed by atoms with E-state index in [1.807, 2.05) is 0 Å². The molecule has 90 valence electrons. The first kappa shape index (κ1) is 12.5. The van der Waals surface area contributed by atoms with Gasteiger partial charge in [-0.25, -0.2) is 4.79 Å². The van der Waals surface area contributed by atoms with Crippen LogP contribution in [-0.2, 0) is 14.3 Å². The van der Waals surface area contributed by atoms with Gasteiger partial charge in [0, 0.05) is 13.1 Å². The van der Waals surface area contributed by atoms with E-state index in [9.17, 15) is 9.59 Å². The molecule has 1 atom stereocenters. The molecular formula is C11H17NO4. The van der Waals surface area contributed by atoms with Crippen molar-refractivity contribution in [1.82, 2.24) is 4.90 Å². The molecule has 1 saturated heterocycles. The Kier molecular flexibility index (Phi) is 4.82. The average molecular weight is 227 g/mol. The highest BCUT2D eigenvalue weighted by atomic mass is 16.6. The van der Waals surface area contributed by atoms with E-state index in [0.29, 0.717) is 13.1 Å². The second-order valence-electron chi connectivity index (χ2n) is 3.67. The molecule has 0 bridgehead atoms. The Hall–Kier alpha value is -1.52. The number of hydrogen-bond donors (Lipinski definition) is 0. The molecule has 5 heteroatoms. The SMILES string of the molecule is C=CCOC(=O)N1CCCC(C(=O)OC)C1. The topological polar surface area (TPSA) is 55.8 Å². The number of likely N-dealkylation sites (tertiary alicyclic amines) is 1. The first-order valence-corrected chi connectivity index (χ1v) is 5.29. The van der Waals surface area contributed by atoms with E-state index in [4.69, 9.17) is 4.74 Å². The van der Waals surface area contributed by atoms with Crippen LogP contribution in [0.25, 0.3) is 0 Å². The van der Waals surface area contributed by atoms with Crippen LogP contribution in [0.15, 0.2) is 12.7 Å². The summed E-state index contributed by atoms with van der Waals surface area (Å²) in [6, 6.07) is 0. The van der Waals surface area contributed by atoms with E-state index in [0.717, 1.165) is 12.8 Å². The highest BCUT2D eigenvalue weighted by molar-refractivity contribution is 5.74. The number of carbonyl (C=O) groups excluding carboxylic acids is 2. The zero-order chi connectivity index (χ0) is 12.0. The van der Waals surface area contributed by atoms with Crippen molar-refractivity contribution >= 4 is 12.1 Å². The van der Waals surface area contributed by atoms with Crippen LogP contribution in [0.3, 0.4) is 0 Å². The largest absolute Gasteiger partial charge is 0.469 e. The van der Waals surface area contributed by atoms with Gasteiger partial charge >= 0.3 is 12.1 Å². The summed E-state index contributed by atoms with van der Waals surface area (Å²) in [5.74, 6) is -0.490. The number of amides is 1. The van der Waals surface area contributed by atoms with Crippen LogP contribution in [-0.4, -0.2) is 43.8 Å². The van der Waals surface area contributed by atoms with Gasteiger partial charge in [-0.2, -0.15) is 0 Å². The molecule has 1 heterocycles. The fourth-order valence-electron chi connectivity index (χ4n) is 1.72. The van der Waals surface area contributed by atoms with E-state index in [1.165, 1.54) is 18.1 Å². The van der Waals surface area contributed by atoms with Crippen molar-refractivity contribution in [2.75, 3.05) is 26.8 Å². The highest BCUT2D eigenvalue weighted by Gasteiger charge is 2.29. The zero-order valence-corrected chi connectivity index (χ0v) is 9.48. The molecule has 5 nitrogen and oxygen atoms in total. The standard InChI is InChI=1S/C11H17NO4/c1-3-7-16-11(14)12-6-4-5-9(8-12)10(13)15-2/h3,9H,1,4-8H2,2H3. The Balaban J connectivity index is 2.46. The Labute approximate surface area is 95.0 Å². The molecular weight excluding hydrogens is 210 g/mol. The van der Waals surface area contributed by atoms with Gasteiger partial charge in [0.15, 0.2) is 0 Å². The van der Waals surface area contributed by atoms with Gasteiger partial charge in [-0.3, -0.25) is 4.79 Å². The molecule has 0 aliphatic carbocycles. The summed E-state index contributed by atoms with van der Waals surface area (Å²) in [5, 5.41) is 0. The van der Waals surface area contributed by atoms with E-state index < -0.39 is 6.09 Å². The first-order valence-electron chi connectivity index (χ1n) is 5.29. The lowest BCUT2D eigenvalue weighted by Crippen LogP contribution is -2.42. The molecule has 0 saturated carbocycles. The summed E-state index contributed by atoms with van der Waals surface area (Å²) in [4.78, 5) is 24.4. The van der Waals surface area contributed by atoms with Crippen molar-refractivity contribution < 1.29 is 19.1 Å². The molecule has 0 radical (unpaired) electrons. The van der Waals surface area contributed by atoms with Crippen LogP contribution in [0, 0.1) is 5.92 Å². The second-order valence-corrected chi connectivity index (χ2v) is 3.67. The van der Waals surface area contributed by atoms with Crippen LogP contribution in [0.4, 0.5) is 4.79 Å². The molecule has 1 aliphatic rings. The Morgan fingerprint density at radius 2 is 2.31 bits per heavy atom. The van der Waals surface area contributed by atoms with E-state index >= 15 is 0 Å². The summed E-state index contributed by atoms with van der Waals surface area (Å²) in [6.07, 6.45) is 2.68. The van der Waals surface area contributed by atoms with Crippen LogP contribution in [0.5, 0.6) is 0 Å². The van der Waals surface area contributed by atoms with Crippen LogP contribution in [0.2, 0.25) is 0 Å². The maximum absolute atomic E-state index is 11.5. The fraction of sp³-hybridized carbons (Fsp3) is 0.636.